The van der Waals surface area contributed by atoms with E-state index in [1.54, 1.807) is 0 Å². The molecule has 0 aliphatic carbocycles. The van der Waals surface area contributed by atoms with Crippen LogP contribution in [0.5, 0.6) is 0 Å². The second kappa shape index (κ2) is 4.35. The van der Waals surface area contributed by atoms with Crippen LogP contribution in [-0.4, -0.2) is 6.71 Å². The molecule has 0 atom stereocenters. The highest BCUT2D eigenvalue weighted by Gasteiger charge is 1.91. The third kappa shape index (κ3) is 3.38. The van der Waals surface area contributed by atoms with Gasteiger partial charge in [0.2, 0.25) is 0 Å². The van der Waals surface area contributed by atoms with Crippen molar-refractivity contribution in [3.8, 4) is 23.5 Å². The van der Waals surface area contributed by atoms with Crippen LogP contribution in [0.25, 0.3) is 0 Å². The molecular weight excluding hydrogens is 94.9 g/mol. The molecule has 0 aromatic heterocycles. The largest absolute Gasteiger partial charge is 0.312 e. The quantitative estimate of drug-likeness (QED) is 0.320. The maximum atomic E-state index is 2.92. The van der Waals surface area contributed by atoms with Gasteiger partial charge in [0.1, 0.15) is 0 Å². The van der Waals surface area contributed by atoms with Crippen molar-refractivity contribution in [2.75, 3.05) is 0 Å². The lowest BCUT2D eigenvalue weighted by Gasteiger charge is -1.77. The lowest BCUT2D eigenvalue weighted by molar-refractivity contribution is 1.91. The predicted molar refractivity (Wildman–Crippen MR) is 38.5 cm³/mol. The summed E-state index contributed by atoms with van der Waals surface area (Å²) >= 11 is 0. The maximum absolute atomic E-state index is 2.92. The maximum Gasteiger partial charge on any atom is 0.312 e. The van der Waals surface area contributed by atoms with Gasteiger partial charge in [-0.3, -0.25) is 0 Å². The molecule has 0 aliphatic heterocycles. The molecule has 0 bridgehead atoms. The molecule has 0 aromatic carbocycles. The smallest absolute Gasteiger partial charge is 0.138 e. The summed E-state index contributed by atoms with van der Waals surface area (Å²) in [6, 6.07) is 0. The van der Waals surface area contributed by atoms with E-state index in [-0.39, 0.29) is 6.71 Å². The number of hydrogen-bond donors (Lipinski definition) is 0. The molecule has 8 heavy (non-hydrogen) atoms. The molecule has 0 spiro atoms. The van der Waals surface area contributed by atoms with Crippen LogP contribution in [-0.2, 0) is 0 Å². The lowest BCUT2D eigenvalue weighted by Crippen LogP contribution is -1.98. The minimum absolute atomic E-state index is 0.241. The van der Waals surface area contributed by atoms with Crippen molar-refractivity contribution in [1.29, 1.82) is 0 Å². The van der Waals surface area contributed by atoms with E-state index in [2.05, 4.69) is 23.5 Å². The fourth-order valence-electron chi connectivity index (χ4n) is 0.469. The van der Waals surface area contributed by atoms with Crippen LogP contribution < -0.4 is 0 Å². The molecule has 0 fully saturated rings. The molecule has 1 heteroatoms. The van der Waals surface area contributed by atoms with Gasteiger partial charge in [-0.15, -0.1) is 23.5 Å². The highest BCUT2D eigenvalue weighted by atomic mass is 13.5. The second-order valence-corrected chi connectivity index (χ2v) is 1.51. The topological polar surface area (TPSA) is 0 Å². The van der Waals surface area contributed by atoms with Crippen LogP contribution in [0.1, 0.15) is 13.8 Å². The zero-order valence-electron chi connectivity index (χ0n) is 5.58. The Morgan fingerprint density at radius 1 is 1.00 bits per heavy atom. The predicted octanol–water partition coefficient (Wildman–Crippen LogP) is 1.24. The standard InChI is InChI=1S/C7H9B/c1-4-6-8(3)7-5-2/h1-3H3. The Balaban J connectivity index is 3.71. The summed E-state index contributed by atoms with van der Waals surface area (Å²) in [7, 11) is 0. The van der Waals surface area contributed by atoms with Gasteiger partial charge in [-0.2, -0.15) is 0 Å². The van der Waals surface area contributed by atoms with E-state index in [9.17, 15) is 0 Å². The van der Waals surface area contributed by atoms with Crippen LogP contribution in [0, 0.1) is 23.5 Å². The van der Waals surface area contributed by atoms with E-state index in [1.165, 1.54) is 0 Å². The summed E-state index contributed by atoms with van der Waals surface area (Å²) in [5.41, 5.74) is 0. The van der Waals surface area contributed by atoms with E-state index in [4.69, 9.17) is 0 Å². The first kappa shape index (κ1) is 7.18. The first-order chi connectivity index (χ1) is 3.81. The Labute approximate surface area is 51.8 Å². The Morgan fingerprint density at radius 3 is 1.62 bits per heavy atom. The molecule has 0 nitrogen and oxygen atoms in total. The van der Waals surface area contributed by atoms with Crippen LogP contribution in [0.15, 0.2) is 0 Å². The van der Waals surface area contributed by atoms with E-state index in [0.717, 1.165) is 0 Å². The van der Waals surface area contributed by atoms with Gasteiger partial charge < -0.3 is 0 Å². The molecule has 0 unspecified atom stereocenters. The van der Waals surface area contributed by atoms with E-state index in [1.807, 2.05) is 20.7 Å². The molecule has 0 aliphatic rings. The molecule has 0 saturated carbocycles. The van der Waals surface area contributed by atoms with Crippen LogP contribution in [0.3, 0.4) is 0 Å². The van der Waals surface area contributed by atoms with Crippen LogP contribution in [0.2, 0.25) is 6.82 Å². The summed E-state index contributed by atoms with van der Waals surface area (Å²) in [6.07, 6.45) is 0. The summed E-state index contributed by atoms with van der Waals surface area (Å²) in [5, 5.41) is 0. The Kier molecular flexibility index (Phi) is 3.90. The van der Waals surface area contributed by atoms with Gasteiger partial charge in [0.15, 0.2) is 0 Å². The average Bonchev–Trinajstić information content (AvgIpc) is 1.68. The lowest BCUT2D eigenvalue weighted by atomic mass is 9.54. The third-order valence-electron chi connectivity index (χ3n) is 0.722. The van der Waals surface area contributed by atoms with E-state index < -0.39 is 0 Å². The number of hydrogen-bond acceptors (Lipinski definition) is 0. The third-order valence-corrected chi connectivity index (χ3v) is 0.722. The molecule has 0 radical (unpaired) electrons. The highest BCUT2D eigenvalue weighted by molar-refractivity contribution is 6.74. The van der Waals surface area contributed by atoms with Gasteiger partial charge in [-0.05, 0) is 13.8 Å². The molecule has 0 aromatic rings. The Morgan fingerprint density at radius 2 is 1.38 bits per heavy atom. The molecule has 0 saturated heterocycles. The first-order valence-electron chi connectivity index (χ1n) is 2.65. The SMILES string of the molecule is CC#CB(C)C#CC. The van der Waals surface area contributed by atoms with Crippen molar-refractivity contribution < 1.29 is 0 Å². The normalized spacial score (nSPS) is 5.38. The highest BCUT2D eigenvalue weighted by Crippen LogP contribution is 1.72. The van der Waals surface area contributed by atoms with Crippen molar-refractivity contribution in [1.82, 2.24) is 0 Å². The molecule has 0 amide bonds. The zero-order chi connectivity index (χ0) is 6.41. The summed E-state index contributed by atoms with van der Waals surface area (Å²) in [5.74, 6) is 11.4. The van der Waals surface area contributed by atoms with Crippen molar-refractivity contribution in [3.05, 3.63) is 0 Å². The van der Waals surface area contributed by atoms with Gasteiger partial charge in [-0.1, -0.05) is 6.82 Å². The van der Waals surface area contributed by atoms with E-state index >= 15 is 0 Å². The Bertz CT molecular complexity index is 140. The first-order valence-corrected chi connectivity index (χ1v) is 2.65. The monoisotopic (exact) mass is 104 g/mol. The van der Waals surface area contributed by atoms with Crippen molar-refractivity contribution >= 4 is 6.71 Å². The van der Waals surface area contributed by atoms with Crippen LogP contribution in [0.4, 0.5) is 0 Å². The van der Waals surface area contributed by atoms with Crippen molar-refractivity contribution in [3.63, 3.8) is 0 Å². The fraction of sp³-hybridized carbons (Fsp3) is 0.429. The van der Waals surface area contributed by atoms with E-state index in [0.29, 0.717) is 0 Å². The fourth-order valence-corrected chi connectivity index (χ4v) is 0.469. The number of rotatable bonds is 0. The molecule has 0 heterocycles. The van der Waals surface area contributed by atoms with Gasteiger partial charge in [0, 0.05) is 0 Å². The molecule has 0 N–H and O–H groups in total. The van der Waals surface area contributed by atoms with Gasteiger partial charge in [0.25, 0.3) is 0 Å². The van der Waals surface area contributed by atoms with Crippen LogP contribution >= 0.6 is 0 Å². The minimum atomic E-state index is 0.241. The summed E-state index contributed by atoms with van der Waals surface area (Å²) < 4.78 is 0. The van der Waals surface area contributed by atoms with Crippen molar-refractivity contribution in [2.45, 2.75) is 20.7 Å². The molecule has 40 valence electrons. The van der Waals surface area contributed by atoms with Gasteiger partial charge in [0.05, 0.1) is 0 Å². The van der Waals surface area contributed by atoms with Gasteiger partial charge >= 0.3 is 6.71 Å². The van der Waals surface area contributed by atoms with Gasteiger partial charge in [-0.25, -0.2) is 0 Å². The summed E-state index contributed by atoms with van der Waals surface area (Å²) in [6.45, 7) is 5.89. The molecular formula is C7H9B. The molecule has 0 rings (SSSR count). The summed E-state index contributed by atoms with van der Waals surface area (Å²) in [4.78, 5) is 0. The van der Waals surface area contributed by atoms with Crippen molar-refractivity contribution in [2.24, 2.45) is 0 Å². The zero-order valence-corrected chi connectivity index (χ0v) is 5.58. The average molecular weight is 104 g/mol. The second-order valence-electron chi connectivity index (χ2n) is 1.51. The Hall–Kier alpha value is -0.815. The minimum Gasteiger partial charge on any atom is -0.138 e.